The first-order valence-electron chi connectivity index (χ1n) is 12.5. The van der Waals surface area contributed by atoms with Gasteiger partial charge in [0.25, 0.3) is 0 Å². The van der Waals surface area contributed by atoms with Crippen LogP contribution >= 0.6 is 0 Å². The van der Waals surface area contributed by atoms with Crippen LogP contribution in [-0.4, -0.2) is 110 Å². The van der Waals surface area contributed by atoms with Crippen molar-refractivity contribution in [2.45, 2.75) is 50.2 Å². The van der Waals surface area contributed by atoms with Crippen molar-refractivity contribution < 1.29 is 74.0 Å². The first-order valence-corrected chi connectivity index (χ1v) is 12.5. The fourth-order valence-corrected chi connectivity index (χ4v) is 3.73. The van der Waals surface area contributed by atoms with Crippen LogP contribution in [0.2, 0.25) is 0 Å². The van der Waals surface area contributed by atoms with Gasteiger partial charge in [0.05, 0.1) is 24.1 Å². The zero-order valence-corrected chi connectivity index (χ0v) is 22.9. The third-order valence-corrected chi connectivity index (χ3v) is 5.69. The molecule has 0 aliphatic carbocycles. The number of hydrogen-bond donors (Lipinski definition) is 3. The molecule has 252 valence electrons. The van der Waals surface area contributed by atoms with Crippen molar-refractivity contribution in [1.82, 2.24) is 19.8 Å². The molecule has 0 bridgehead atoms. The van der Waals surface area contributed by atoms with E-state index in [-0.39, 0.29) is 0 Å². The number of carboxylic acid groups (broad SMARTS) is 3. The topological polar surface area (TPSA) is 153 Å². The number of rotatable bonds is 5. The molecule has 2 fully saturated rings. The molecule has 11 nitrogen and oxygen atoms in total. The Kier molecular flexibility index (Phi) is 15.1. The van der Waals surface area contributed by atoms with Crippen molar-refractivity contribution in [2.75, 3.05) is 26.2 Å². The van der Waals surface area contributed by atoms with Crippen LogP contribution in [0.1, 0.15) is 17.8 Å². The van der Waals surface area contributed by atoms with E-state index < -0.39 is 36.4 Å². The summed E-state index contributed by atoms with van der Waals surface area (Å²) in [5.41, 5.74) is 2.17. The number of carboxylic acids is 3. The Balaban J connectivity index is 0.000000396. The minimum Gasteiger partial charge on any atom is -0.475 e. The molecular formula is C25H27F9N4O7. The molecule has 2 aliphatic rings. The smallest absolute Gasteiger partial charge is 0.475 e. The van der Waals surface area contributed by atoms with Crippen LogP contribution in [0.3, 0.4) is 0 Å². The fourth-order valence-electron chi connectivity index (χ4n) is 3.73. The summed E-state index contributed by atoms with van der Waals surface area (Å²) in [6, 6.07) is 12.7. The maximum atomic E-state index is 10.6. The minimum atomic E-state index is -5.08. The molecule has 4 heterocycles. The molecule has 2 saturated heterocycles. The third-order valence-electron chi connectivity index (χ3n) is 5.69. The second-order valence-corrected chi connectivity index (χ2v) is 9.10. The molecule has 0 aromatic carbocycles. The monoisotopic (exact) mass is 666 g/mol. The summed E-state index contributed by atoms with van der Waals surface area (Å²) in [6.07, 6.45) is -10.1. The first kappa shape index (κ1) is 39.0. The van der Waals surface area contributed by atoms with Gasteiger partial charge in [0, 0.05) is 51.2 Å². The van der Waals surface area contributed by atoms with E-state index in [1.54, 1.807) is 0 Å². The predicted molar refractivity (Wildman–Crippen MR) is 133 cm³/mol. The third kappa shape index (κ3) is 16.0. The van der Waals surface area contributed by atoms with Crippen LogP contribution in [0.25, 0.3) is 0 Å². The standard InChI is InChI=1S/C19H24N4O.3C2HF3O2/c1-3-7-20-16(5-1)12-22-9-10-23-14-19(11-18(23)13-22)24-15-17-6-2-4-8-21-17;3*3-2(4,5)1(6)7/h1-8,18-19H,9-15H2;3*(H,6,7)/t18-,19+;;;/m0.../s1. The number of halogens is 9. The van der Waals surface area contributed by atoms with Gasteiger partial charge >= 0.3 is 36.4 Å². The predicted octanol–water partition coefficient (Wildman–Crippen LogP) is 3.85. The van der Waals surface area contributed by atoms with Crippen molar-refractivity contribution in [3.63, 3.8) is 0 Å². The highest BCUT2D eigenvalue weighted by atomic mass is 19.4. The van der Waals surface area contributed by atoms with Gasteiger partial charge in [-0.25, -0.2) is 14.4 Å². The lowest BCUT2D eigenvalue weighted by Crippen LogP contribution is -2.49. The van der Waals surface area contributed by atoms with Gasteiger partial charge in [0.1, 0.15) is 0 Å². The lowest BCUT2D eigenvalue weighted by Gasteiger charge is -2.37. The maximum absolute atomic E-state index is 10.6. The quantitative estimate of drug-likeness (QED) is 0.399. The van der Waals surface area contributed by atoms with E-state index in [0.29, 0.717) is 18.8 Å². The van der Waals surface area contributed by atoms with E-state index in [4.69, 9.17) is 34.4 Å². The number of ether oxygens (including phenoxy) is 1. The van der Waals surface area contributed by atoms with Crippen molar-refractivity contribution in [3.8, 4) is 0 Å². The van der Waals surface area contributed by atoms with Crippen LogP contribution in [0.15, 0.2) is 48.8 Å². The zero-order chi connectivity index (χ0) is 34.4. The zero-order valence-electron chi connectivity index (χ0n) is 22.9. The molecule has 0 saturated carbocycles. The van der Waals surface area contributed by atoms with Gasteiger partial charge < -0.3 is 20.1 Å². The van der Waals surface area contributed by atoms with Gasteiger partial charge in [0.2, 0.25) is 0 Å². The number of fused-ring (bicyclic) bond motifs is 1. The average molecular weight is 666 g/mol. The highest BCUT2D eigenvalue weighted by Crippen LogP contribution is 2.25. The number of aromatic nitrogens is 2. The van der Waals surface area contributed by atoms with E-state index in [0.717, 1.165) is 50.5 Å². The van der Waals surface area contributed by atoms with E-state index in [1.807, 2.05) is 36.7 Å². The Morgan fingerprint density at radius 3 is 1.58 bits per heavy atom. The molecule has 2 aromatic rings. The number of aliphatic carboxylic acids is 3. The summed E-state index contributed by atoms with van der Waals surface area (Å²) >= 11 is 0. The maximum Gasteiger partial charge on any atom is 0.490 e. The molecular weight excluding hydrogens is 639 g/mol. The molecule has 4 rings (SSSR count). The second-order valence-electron chi connectivity index (χ2n) is 9.10. The normalized spacial score (nSPS) is 18.5. The summed E-state index contributed by atoms with van der Waals surface area (Å²) in [5, 5.41) is 21.4. The summed E-state index contributed by atoms with van der Waals surface area (Å²) in [6.45, 7) is 5.96. The number of carbonyl (C=O) groups is 3. The van der Waals surface area contributed by atoms with E-state index >= 15 is 0 Å². The molecule has 20 heteroatoms. The van der Waals surface area contributed by atoms with Gasteiger partial charge in [-0.05, 0) is 30.7 Å². The van der Waals surface area contributed by atoms with Crippen LogP contribution < -0.4 is 0 Å². The molecule has 2 aromatic heterocycles. The number of hydrogen-bond acceptors (Lipinski definition) is 8. The van der Waals surface area contributed by atoms with Crippen LogP contribution in [-0.2, 0) is 32.3 Å². The molecule has 3 N–H and O–H groups in total. The number of pyridine rings is 2. The summed E-state index contributed by atoms with van der Waals surface area (Å²) < 4.78 is 101. The van der Waals surface area contributed by atoms with Gasteiger partial charge in [-0.2, -0.15) is 39.5 Å². The Bertz CT molecular complexity index is 1140. The number of nitrogens with zero attached hydrogens (tertiary/aromatic N) is 4. The van der Waals surface area contributed by atoms with Gasteiger partial charge in [-0.3, -0.25) is 19.8 Å². The van der Waals surface area contributed by atoms with Crippen molar-refractivity contribution in [1.29, 1.82) is 0 Å². The fraction of sp³-hybridized carbons (Fsp3) is 0.480. The Morgan fingerprint density at radius 1 is 0.733 bits per heavy atom. The molecule has 0 amide bonds. The van der Waals surface area contributed by atoms with Crippen LogP contribution in [0.4, 0.5) is 39.5 Å². The first-order chi connectivity index (χ1) is 20.7. The van der Waals surface area contributed by atoms with Gasteiger partial charge in [-0.1, -0.05) is 12.1 Å². The second kappa shape index (κ2) is 17.4. The van der Waals surface area contributed by atoms with Crippen molar-refractivity contribution in [3.05, 3.63) is 60.2 Å². The number of alkyl halides is 9. The van der Waals surface area contributed by atoms with Gasteiger partial charge in [0.15, 0.2) is 0 Å². The Hall–Kier alpha value is -4.04. The largest absolute Gasteiger partial charge is 0.490 e. The number of piperazine rings is 1. The molecule has 2 atom stereocenters. The Labute approximate surface area is 248 Å². The lowest BCUT2D eigenvalue weighted by molar-refractivity contribution is -0.193. The Morgan fingerprint density at radius 2 is 1.18 bits per heavy atom. The van der Waals surface area contributed by atoms with Crippen LogP contribution in [0, 0.1) is 0 Å². The molecule has 2 aliphatic heterocycles. The van der Waals surface area contributed by atoms with Gasteiger partial charge in [-0.15, -0.1) is 0 Å². The average Bonchev–Trinajstić information content (AvgIpc) is 3.35. The van der Waals surface area contributed by atoms with Crippen molar-refractivity contribution in [2.24, 2.45) is 0 Å². The van der Waals surface area contributed by atoms with Crippen molar-refractivity contribution >= 4 is 17.9 Å². The highest BCUT2D eigenvalue weighted by molar-refractivity contribution is 5.73. The van der Waals surface area contributed by atoms with E-state index in [2.05, 4.69) is 31.9 Å². The van der Waals surface area contributed by atoms with Crippen LogP contribution in [0.5, 0.6) is 0 Å². The summed E-state index contributed by atoms with van der Waals surface area (Å²) in [7, 11) is 0. The minimum absolute atomic E-state index is 0.326. The SMILES string of the molecule is O=C(O)C(F)(F)F.O=C(O)C(F)(F)F.O=C(O)C(F)(F)F.c1ccc(CO[C@@H]2C[C@H]3CN(Cc4ccccn4)CCN3C2)nc1. The van der Waals surface area contributed by atoms with E-state index in [9.17, 15) is 39.5 Å². The molecule has 0 unspecified atom stereocenters. The molecule has 45 heavy (non-hydrogen) atoms. The molecule has 0 radical (unpaired) electrons. The highest BCUT2D eigenvalue weighted by Gasteiger charge is 2.40. The summed E-state index contributed by atoms with van der Waals surface area (Å²) in [4.78, 5) is 40.6. The summed E-state index contributed by atoms with van der Waals surface area (Å²) in [5.74, 6) is -8.27. The lowest BCUT2D eigenvalue weighted by atomic mass is 10.1. The molecule has 0 spiro atoms. The van der Waals surface area contributed by atoms with E-state index in [1.165, 1.54) is 0 Å².